The predicted octanol–water partition coefficient (Wildman–Crippen LogP) is 3.69. The lowest BCUT2D eigenvalue weighted by Crippen LogP contribution is -2.41. The van der Waals surface area contributed by atoms with Gasteiger partial charge in [0, 0.05) is 49.8 Å². The summed E-state index contributed by atoms with van der Waals surface area (Å²) in [4.78, 5) is 23.1. The second kappa shape index (κ2) is 9.52. The molecule has 0 bridgehead atoms. The van der Waals surface area contributed by atoms with E-state index in [-0.39, 0.29) is 5.91 Å². The van der Waals surface area contributed by atoms with Gasteiger partial charge >= 0.3 is 0 Å². The fraction of sp³-hybridized carbons (Fsp3) is 0.391. The van der Waals surface area contributed by atoms with Crippen molar-refractivity contribution in [2.24, 2.45) is 5.92 Å². The molecule has 2 aromatic heterocycles. The highest BCUT2D eigenvalue weighted by atomic mass is 16.5. The maximum atomic E-state index is 12.7. The van der Waals surface area contributed by atoms with E-state index < -0.39 is 0 Å². The van der Waals surface area contributed by atoms with Gasteiger partial charge in [-0.15, -0.1) is 0 Å². The molecular weight excluding hydrogens is 380 g/mol. The summed E-state index contributed by atoms with van der Waals surface area (Å²) in [6.45, 7) is 4.20. The molecule has 1 aromatic carbocycles. The summed E-state index contributed by atoms with van der Waals surface area (Å²) in [5.41, 5.74) is 1.93. The molecule has 7 heteroatoms. The second-order valence-electron chi connectivity index (χ2n) is 7.68. The number of amides is 1. The molecule has 1 aliphatic rings. The topological polar surface area (TPSA) is 81.4 Å². The van der Waals surface area contributed by atoms with Crippen LogP contribution in [0.25, 0.3) is 11.4 Å². The van der Waals surface area contributed by atoms with Crippen LogP contribution in [-0.2, 0) is 11.2 Å². The van der Waals surface area contributed by atoms with Crippen molar-refractivity contribution in [3.05, 3.63) is 60.2 Å². The van der Waals surface area contributed by atoms with E-state index in [1.807, 2.05) is 48.2 Å². The van der Waals surface area contributed by atoms with E-state index in [4.69, 9.17) is 9.26 Å². The molecule has 7 nitrogen and oxygen atoms in total. The van der Waals surface area contributed by atoms with Gasteiger partial charge in [-0.1, -0.05) is 23.4 Å². The Morgan fingerprint density at radius 2 is 2.17 bits per heavy atom. The molecule has 1 amide bonds. The number of aromatic nitrogens is 3. The van der Waals surface area contributed by atoms with Crippen LogP contribution < -0.4 is 4.74 Å². The van der Waals surface area contributed by atoms with Gasteiger partial charge in [-0.2, -0.15) is 4.98 Å². The number of benzene rings is 1. The van der Waals surface area contributed by atoms with Crippen LogP contribution >= 0.6 is 0 Å². The minimum absolute atomic E-state index is 0.122. The normalized spacial score (nSPS) is 16.4. The van der Waals surface area contributed by atoms with Crippen molar-refractivity contribution in [3.8, 4) is 17.1 Å². The van der Waals surface area contributed by atoms with Crippen LogP contribution in [0.2, 0.25) is 0 Å². The maximum absolute atomic E-state index is 12.7. The zero-order valence-corrected chi connectivity index (χ0v) is 17.2. The van der Waals surface area contributed by atoms with Crippen LogP contribution in [0.4, 0.5) is 0 Å². The standard InChI is InChI=1S/C23H26N4O3/c1-17-6-2-3-9-20(17)29-16-18-7-5-13-27(15-18)22(28)11-10-21-25-23(26-30-21)19-8-4-12-24-14-19/h2-4,6,8-9,12,14,18H,5,7,10-11,13,15-16H2,1H3/t18-/m1/s1. The molecular formula is C23H26N4O3. The van der Waals surface area contributed by atoms with Gasteiger partial charge in [-0.25, -0.2) is 0 Å². The van der Waals surface area contributed by atoms with Crippen molar-refractivity contribution < 1.29 is 14.1 Å². The quantitative estimate of drug-likeness (QED) is 0.595. The van der Waals surface area contributed by atoms with E-state index in [0.717, 1.165) is 42.8 Å². The molecule has 3 heterocycles. The van der Waals surface area contributed by atoms with E-state index in [2.05, 4.69) is 15.1 Å². The molecule has 4 rings (SSSR count). The highest BCUT2D eigenvalue weighted by molar-refractivity contribution is 5.76. The summed E-state index contributed by atoms with van der Waals surface area (Å²) in [5, 5.41) is 3.98. The number of rotatable bonds is 7. The molecule has 1 aliphatic heterocycles. The molecule has 30 heavy (non-hydrogen) atoms. The SMILES string of the molecule is Cc1ccccc1OC[C@@H]1CCCN(C(=O)CCc2nc(-c3cccnc3)no2)C1. The number of carbonyl (C=O) groups excluding carboxylic acids is 1. The summed E-state index contributed by atoms with van der Waals surface area (Å²) in [5.74, 6) is 2.36. The first-order valence-electron chi connectivity index (χ1n) is 10.4. The Morgan fingerprint density at radius 3 is 3.00 bits per heavy atom. The molecule has 0 N–H and O–H groups in total. The van der Waals surface area contributed by atoms with Gasteiger partial charge in [-0.05, 0) is 43.5 Å². The fourth-order valence-electron chi connectivity index (χ4n) is 3.69. The summed E-state index contributed by atoms with van der Waals surface area (Å²) in [6, 6.07) is 11.7. The Balaban J connectivity index is 1.26. The van der Waals surface area contributed by atoms with Crippen LogP contribution in [0.3, 0.4) is 0 Å². The van der Waals surface area contributed by atoms with Gasteiger partial charge in [0.2, 0.25) is 17.6 Å². The maximum Gasteiger partial charge on any atom is 0.227 e. The Bertz CT molecular complexity index is 973. The Labute approximate surface area is 176 Å². The minimum Gasteiger partial charge on any atom is -0.493 e. The third kappa shape index (κ3) is 5.03. The van der Waals surface area contributed by atoms with Gasteiger partial charge in [0.15, 0.2) is 0 Å². The van der Waals surface area contributed by atoms with Crippen LogP contribution in [0.5, 0.6) is 5.75 Å². The molecule has 0 saturated carbocycles. The first kappa shape index (κ1) is 20.1. The lowest BCUT2D eigenvalue weighted by Gasteiger charge is -2.32. The number of hydrogen-bond donors (Lipinski definition) is 0. The Kier molecular flexibility index (Phi) is 6.37. The monoisotopic (exact) mass is 406 g/mol. The highest BCUT2D eigenvalue weighted by Gasteiger charge is 2.24. The third-order valence-corrected chi connectivity index (χ3v) is 5.38. The van der Waals surface area contributed by atoms with Crippen LogP contribution in [-0.4, -0.2) is 45.6 Å². The van der Waals surface area contributed by atoms with Gasteiger partial charge in [0.1, 0.15) is 5.75 Å². The van der Waals surface area contributed by atoms with Crippen molar-refractivity contribution in [1.29, 1.82) is 0 Å². The van der Waals surface area contributed by atoms with Crippen LogP contribution in [0.15, 0.2) is 53.3 Å². The predicted molar refractivity (Wildman–Crippen MR) is 112 cm³/mol. The Hall–Kier alpha value is -3.22. The van der Waals surface area contributed by atoms with Gasteiger partial charge in [-0.3, -0.25) is 9.78 Å². The number of para-hydroxylation sites is 1. The molecule has 156 valence electrons. The first-order valence-corrected chi connectivity index (χ1v) is 10.4. The zero-order chi connectivity index (χ0) is 20.8. The Morgan fingerprint density at radius 1 is 1.27 bits per heavy atom. The first-order chi connectivity index (χ1) is 14.7. The summed E-state index contributed by atoms with van der Waals surface area (Å²) < 4.78 is 11.3. The number of nitrogens with zero attached hydrogens (tertiary/aromatic N) is 4. The van der Waals surface area contributed by atoms with E-state index in [1.165, 1.54) is 0 Å². The third-order valence-electron chi connectivity index (χ3n) is 5.38. The zero-order valence-electron chi connectivity index (χ0n) is 17.2. The molecule has 0 spiro atoms. The summed E-state index contributed by atoms with van der Waals surface area (Å²) in [7, 11) is 0. The highest BCUT2D eigenvalue weighted by Crippen LogP contribution is 2.22. The van der Waals surface area contributed by atoms with Gasteiger partial charge in [0.25, 0.3) is 0 Å². The molecule has 0 aliphatic carbocycles. The van der Waals surface area contributed by atoms with Crippen molar-refractivity contribution in [1.82, 2.24) is 20.0 Å². The van der Waals surface area contributed by atoms with Crippen molar-refractivity contribution in [3.63, 3.8) is 0 Å². The lowest BCUT2D eigenvalue weighted by atomic mass is 9.98. The molecule has 0 radical (unpaired) electrons. The lowest BCUT2D eigenvalue weighted by molar-refractivity contribution is -0.133. The summed E-state index contributed by atoms with van der Waals surface area (Å²) in [6.07, 6.45) is 6.26. The number of likely N-dealkylation sites (tertiary alicyclic amines) is 1. The molecule has 3 aromatic rings. The average Bonchev–Trinajstić information content (AvgIpc) is 3.27. The average molecular weight is 406 g/mol. The van der Waals surface area contributed by atoms with Crippen molar-refractivity contribution in [2.75, 3.05) is 19.7 Å². The number of carbonyl (C=O) groups is 1. The molecule has 1 saturated heterocycles. The van der Waals surface area contributed by atoms with Gasteiger partial charge in [0.05, 0.1) is 6.61 Å². The number of piperidine rings is 1. The number of ether oxygens (including phenoxy) is 1. The minimum atomic E-state index is 0.122. The number of pyridine rings is 1. The van der Waals surface area contributed by atoms with Crippen molar-refractivity contribution in [2.45, 2.75) is 32.6 Å². The van der Waals surface area contributed by atoms with Crippen LogP contribution in [0.1, 0.15) is 30.7 Å². The van der Waals surface area contributed by atoms with Gasteiger partial charge < -0.3 is 14.2 Å². The fourth-order valence-corrected chi connectivity index (χ4v) is 3.69. The van der Waals surface area contributed by atoms with Crippen LogP contribution in [0, 0.1) is 12.8 Å². The number of hydrogen-bond acceptors (Lipinski definition) is 6. The summed E-state index contributed by atoms with van der Waals surface area (Å²) >= 11 is 0. The van der Waals surface area contributed by atoms with E-state index in [1.54, 1.807) is 12.4 Å². The molecule has 1 fully saturated rings. The molecule has 0 unspecified atom stereocenters. The van der Waals surface area contributed by atoms with Crippen molar-refractivity contribution >= 4 is 5.91 Å². The largest absolute Gasteiger partial charge is 0.493 e. The van der Waals surface area contributed by atoms with E-state index in [9.17, 15) is 4.79 Å². The smallest absolute Gasteiger partial charge is 0.227 e. The second-order valence-corrected chi connectivity index (χ2v) is 7.68. The molecule has 1 atom stereocenters. The number of aryl methyl sites for hydroxylation is 2. The van der Waals surface area contributed by atoms with E-state index >= 15 is 0 Å². The van der Waals surface area contributed by atoms with E-state index in [0.29, 0.717) is 37.1 Å².